The van der Waals surface area contributed by atoms with Crippen molar-refractivity contribution in [3.63, 3.8) is 0 Å². The number of alkyl halides is 3. The van der Waals surface area contributed by atoms with Gasteiger partial charge in [0.2, 0.25) is 0 Å². The van der Waals surface area contributed by atoms with Gasteiger partial charge in [0.1, 0.15) is 12.3 Å². The van der Waals surface area contributed by atoms with E-state index >= 15 is 0 Å². The Morgan fingerprint density at radius 2 is 1.94 bits per heavy atom. The van der Waals surface area contributed by atoms with E-state index in [1.54, 1.807) is 6.07 Å². The minimum Gasteiger partial charge on any atom is -0.309 e. The lowest BCUT2D eigenvalue weighted by molar-refractivity contribution is -0.207. The number of benzene rings is 1. The smallest absolute Gasteiger partial charge is 0.309 e. The minimum atomic E-state index is -4.43. The molecule has 0 aliphatic carbocycles. The third kappa shape index (κ3) is 9.39. The fourth-order valence-corrected chi connectivity index (χ4v) is 4.15. The Kier molecular flexibility index (Phi) is 11.7. The van der Waals surface area contributed by atoms with Crippen LogP contribution in [0.25, 0.3) is 0 Å². The minimum absolute atomic E-state index is 0.149. The second-order valence-electron chi connectivity index (χ2n) is 8.70. The first-order valence-corrected chi connectivity index (χ1v) is 12.3. The molecule has 194 valence electrons. The predicted octanol–water partition coefficient (Wildman–Crippen LogP) is 4.68. The fraction of sp³-hybridized carbons (Fsp3) is 0.682. The molecule has 4 N–H and O–H groups in total. The van der Waals surface area contributed by atoms with E-state index in [0.29, 0.717) is 23.7 Å². The number of carbonyl (C=O) groups is 1. The summed E-state index contributed by atoms with van der Waals surface area (Å²) in [6.07, 6.45) is -3.13. The largest absolute Gasteiger partial charge is 0.404 e. The molecule has 0 aromatic heterocycles. The van der Waals surface area contributed by atoms with Crippen molar-refractivity contribution < 1.29 is 18.0 Å². The van der Waals surface area contributed by atoms with Gasteiger partial charge in [-0.2, -0.15) is 13.2 Å². The monoisotopic (exact) mass is 526 g/mol. The summed E-state index contributed by atoms with van der Waals surface area (Å²) in [6.45, 7) is 3.57. The summed E-state index contributed by atoms with van der Waals surface area (Å²) in [5, 5.41) is 12.2. The molecule has 2 amide bonds. The number of rotatable bonds is 11. The van der Waals surface area contributed by atoms with Crippen molar-refractivity contribution in [2.24, 2.45) is 0 Å². The van der Waals surface area contributed by atoms with Crippen molar-refractivity contribution in [3.05, 3.63) is 28.2 Å². The van der Waals surface area contributed by atoms with Gasteiger partial charge in [0.25, 0.3) is 0 Å². The van der Waals surface area contributed by atoms with Crippen LogP contribution >= 0.6 is 23.2 Å². The maximum Gasteiger partial charge on any atom is 0.404 e. The zero-order chi connectivity index (χ0) is 25.3. The second-order valence-corrected chi connectivity index (χ2v) is 9.51. The number of nitrogens with zero attached hydrogens (tertiary/aromatic N) is 2. The number of anilines is 1. The predicted molar refractivity (Wildman–Crippen MR) is 131 cm³/mol. The highest BCUT2D eigenvalue weighted by atomic mass is 35.5. The average molecular weight is 527 g/mol. The third-order valence-corrected chi connectivity index (χ3v) is 6.30. The van der Waals surface area contributed by atoms with Crippen LogP contribution in [0.1, 0.15) is 39.0 Å². The first kappa shape index (κ1) is 28.9. The molecule has 1 aliphatic heterocycles. The number of hydrogen-bond donors (Lipinski definition) is 4. The van der Waals surface area contributed by atoms with Gasteiger partial charge in [-0.15, -0.1) is 0 Å². The molecule has 34 heavy (non-hydrogen) atoms. The van der Waals surface area contributed by atoms with Crippen LogP contribution in [0.3, 0.4) is 0 Å². The zero-order valence-corrected chi connectivity index (χ0v) is 21.3. The Morgan fingerprint density at radius 1 is 1.21 bits per heavy atom. The molecule has 1 aliphatic rings. The Balaban J connectivity index is 2.14. The number of urea groups is 1. The molecule has 0 spiro atoms. The SMILES string of the molecule is CCCCCN1C(NC(=O)Nc2ccc(Cl)c(Cl)c2)NC(NCCCN(C)C)CC1C(F)(F)F. The van der Waals surface area contributed by atoms with Gasteiger partial charge in [0, 0.05) is 18.7 Å². The zero-order valence-electron chi connectivity index (χ0n) is 19.8. The Labute approximate surface area is 209 Å². The molecular formula is C22H35Cl2F3N6O. The van der Waals surface area contributed by atoms with Gasteiger partial charge in [0.05, 0.1) is 16.2 Å². The van der Waals surface area contributed by atoms with Gasteiger partial charge in [-0.05, 0) is 58.2 Å². The first-order valence-electron chi connectivity index (χ1n) is 11.5. The third-order valence-electron chi connectivity index (χ3n) is 5.57. The van der Waals surface area contributed by atoms with E-state index in [9.17, 15) is 18.0 Å². The standard InChI is InChI=1S/C22H35Cl2F3N6O/c1-4-5-6-12-33-18(22(25,26)27)14-19(28-10-7-11-32(2)3)30-20(33)31-21(34)29-15-8-9-16(23)17(24)13-15/h8-9,13,18-20,28,30H,4-7,10-12,14H2,1-3H3,(H2,29,31,34). The molecule has 1 saturated heterocycles. The summed E-state index contributed by atoms with van der Waals surface area (Å²) >= 11 is 11.9. The summed E-state index contributed by atoms with van der Waals surface area (Å²) in [6, 6.07) is 2.24. The summed E-state index contributed by atoms with van der Waals surface area (Å²) in [5.74, 6) is 0. The van der Waals surface area contributed by atoms with Gasteiger partial charge in [-0.3, -0.25) is 10.2 Å². The molecule has 1 aromatic rings. The number of halogens is 5. The van der Waals surface area contributed by atoms with Gasteiger partial charge < -0.3 is 20.9 Å². The highest BCUT2D eigenvalue weighted by Crippen LogP contribution is 2.31. The molecule has 1 heterocycles. The van der Waals surface area contributed by atoms with E-state index in [1.807, 2.05) is 25.9 Å². The van der Waals surface area contributed by atoms with E-state index in [0.717, 1.165) is 25.8 Å². The molecule has 3 atom stereocenters. The van der Waals surface area contributed by atoms with Crippen molar-refractivity contribution in [2.75, 3.05) is 39.0 Å². The van der Waals surface area contributed by atoms with Gasteiger partial charge >= 0.3 is 12.2 Å². The normalized spacial score (nSPS) is 21.6. The molecule has 0 radical (unpaired) electrons. The summed E-state index contributed by atoms with van der Waals surface area (Å²) in [5.41, 5.74) is 0.381. The Hall–Kier alpha value is -1.30. The van der Waals surface area contributed by atoms with E-state index in [1.165, 1.54) is 17.0 Å². The number of amides is 2. The molecule has 0 saturated carbocycles. The van der Waals surface area contributed by atoms with Gasteiger partial charge in [-0.1, -0.05) is 43.0 Å². The number of carbonyl (C=O) groups excluding carboxylic acids is 1. The first-order chi connectivity index (χ1) is 16.0. The Bertz CT molecular complexity index is 783. The summed E-state index contributed by atoms with van der Waals surface area (Å²) in [7, 11) is 3.89. The molecule has 12 heteroatoms. The van der Waals surface area contributed by atoms with E-state index in [4.69, 9.17) is 23.2 Å². The van der Waals surface area contributed by atoms with E-state index < -0.39 is 30.7 Å². The second kappa shape index (κ2) is 13.7. The van der Waals surface area contributed by atoms with Crippen molar-refractivity contribution in [1.82, 2.24) is 25.8 Å². The van der Waals surface area contributed by atoms with Crippen LogP contribution in [-0.2, 0) is 0 Å². The summed E-state index contributed by atoms with van der Waals surface area (Å²) in [4.78, 5) is 16.0. The average Bonchev–Trinajstić information content (AvgIpc) is 2.74. The molecule has 0 bridgehead atoms. The molecule has 1 aromatic carbocycles. The molecule has 1 fully saturated rings. The maximum absolute atomic E-state index is 14.0. The van der Waals surface area contributed by atoms with Crippen molar-refractivity contribution in [3.8, 4) is 0 Å². The topological polar surface area (TPSA) is 71.7 Å². The number of hydrogen-bond acceptors (Lipinski definition) is 5. The number of unbranched alkanes of at least 4 members (excludes halogenated alkanes) is 2. The van der Waals surface area contributed by atoms with Crippen LogP contribution in [0.2, 0.25) is 10.0 Å². The van der Waals surface area contributed by atoms with Gasteiger partial charge in [0.15, 0.2) is 0 Å². The van der Waals surface area contributed by atoms with Crippen LogP contribution in [0.5, 0.6) is 0 Å². The quantitative estimate of drug-likeness (QED) is 0.315. The van der Waals surface area contributed by atoms with Crippen LogP contribution in [0, 0.1) is 0 Å². The summed E-state index contributed by atoms with van der Waals surface area (Å²) < 4.78 is 42.1. The van der Waals surface area contributed by atoms with Gasteiger partial charge in [-0.25, -0.2) is 4.79 Å². The van der Waals surface area contributed by atoms with E-state index in [2.05, 4.69) is 21.3 Å². The van der Waals surface area contributed by atoms with E-state index in [-0.39, 0.29) is 18.0 Å². The maximum atomic E-state index is 14.0. The van der Waals surface area contributed by atoms with Crippen LogP contribution in [0.15, 0.2) is 18.2 Å². The van der Waals surface area contributed by atoms with Crippen molar-refractivity contribution in [1.29, 1.82) is 0 Å². The molecule has 2 rings (SSSR count). The highest BCUT2D eigenvalue weighted by molar-refractivity contribution is 6.42. The van der Waals surface area contributed by atoms with Crippen molar-refractivity contribution >= 4 is 34.9 Å². The number of nitrogens with one attached hydrogen (secondary N) is 4. The lowest BCUT2D eigenvalue weighted by Crippen LogP contribution is -2.71. The van der Waals surface area contributed by atoms with Crippen LogP contribution < -0.4 is 21.3 Å². The van der Waals surface area contributed by atoms with Crippen LogP contribution in [-0.4, -0.2) is 74.2 Å². The Morgan fingerprint density at radius 3 is 2.56 bits per heavy atom. The lowest BCUT2D eigenvalue weighted by Gasteiger charge is -2.46. The highest BCUT2D eigenvalue weighted by Gasteiger charge is 2.49. The van der Waals surface area contributed by atoms with Crippen molar-refractivity contribution in [2.45, 2.75) is 63.7 Å². The van der Waals surface area contributed by atoms with Crippen LogP contribution in [0.4, 0.5) is 23.7 Å². The molecule has 3 unspecified atom stereocenters. The molecular weight excluding hydrogens is 492 g/mol. The molecule has 7 nitrogen and oxygen atoms in total. The lowest BCUT2D eigenvalue weighted by atomic mass is 10.0. The fourth-order valence-electron chi connectivity index (χ4n) is 3.85.